The summed E-state index contributed by atoms with van der Waals surface area (Å²) in [5, 5.41) is 4.45. The topological polar surface area (TPSA) is 64.9 Å². The summed E-state index contributed by atoms with van der Waals surface area (Å²) in [7, 11) is 0. The minimum absolute atomic E-state index is 0.391. The van der Waals surface area contributed by atoms with Crippen LogP contribution < -0.4 is 5.73 Å². The summed E-state index contributed by atoms with van der Waals surface area (Å²) in [6.45, 7) is 3.60. The second-order valence-corrected chi connectivity index (χ2v) is 4.53. The number of nitrogens with two attached hydrogens (primary N) is 1. The summed E-state index contributed by atoms with van der Waals surface area (Å²) in [5.74, 6) is 0.849. The normalized spacial score (nSPS) is 11.8. The van der Waals surface area contributed by atoms with Gasteiger partial charge < -0.3 is 10.3 Å². The Labute approximate surface area is 98.4 Å². The average molecular weight is 238 g/mol. The molecule has 0 unspecified atom stereocenters. The Hall–Kier alpha value is -1.39. The number of hydrogen-bond donors (Lipinski definition) is 1. The average Bonchev–Trinajstić information content (AvgIpc) is 2.66. The van der Waals surface area contributed by atoms with Gasteiger partial charge in [-0.25, -0.2) is 0 Å². The molecule has 0 aliphatic heterocycles. The number of rotatable bonds is 2. The molecule has 2 rings (SSSR count). The number of halogens is 1. The summed E-state index contributed by atoms with van der Waals surface area (Å²) in [6.07, 6.45) is 0. The first kappa shape index (κ1) is 11.1. The summed E-state index contributed by atoms with van der Waals surface area (Å²) in [5.41, 5.74) is 5.95. The smallest absolute Gasteiger partial charge is 0.246 e. The zero-order chi connectivity index (χ0) is 11.8. The van der Waals surface area contributed by atoms with Crippen LogP contribution in [0.1, 0.15) is 19.7 Å². The molecule has 84 valence electrons. The van der Waals surface area contributed by atoms with Gasteiger partial charge in [0.15, 0.2) is 0 Å². The molecule has 0 aliphatic carbocycles. The molecule has 5 heteroatoms. The van der Waals surface area contributed by atoms with Crippen molar-refractivity contribution in [3.8, 4) is 11.4 Å². The van der Waals surface area contributed by atoms with E-state index in [0.29, 0.717) is 16.7 Å². The van der Waals surface area contributed by atoms with Gasteiger partial charge in [0.05, 0.1) is 10.6 Å². The van der Waals surface area contributed by atoms with E-state index in [2.05, 4.69) is 10.1 Å². The van der Waals surface area contributed by atoms with Crippen LogP contribution in [0.3, 0.4) is 0 Å². The lowest BCUT2D eigenvalue weighted by atomic mass is 10.1. The number of hydrogen-bond acceptors (Lipinski definition) is 4. The summed E-state index contributed by atoms with van der Waals surface area (Å²) in [4.78, 5) is 4.23. The standard InChI is InChI=1S/C11H12ClN3O/c1-11(2,13)10-14-9(15-16-10)7-5-3-4-6-8(7)12/h3-6H,13H2,1-2H3. The van der Waals surface area contributed by atoms with Gasteiger partial charge in [-0.15, -0.1) is 0 Å². The monoisotopic (exact) mass is 237 g/mol. The first-order valence-corrected chi connectivity index (χ1v) is 5.24. The molecule has 0 atom stereocenters. The SMILES string of the molecule is CC(C)(N)c1nc(-c2ccccc2Cl)no1. The molecule has 0 spiro atoms. The highest BCUT2D eigenvalue weighted by Gasteiger charge is 2.23. The maximum absolute atomic E-state index is 6.03. The van der Waals surface area contributed by atoms with Crippen molar-refractivity contribution in [3.05, 3.63) is 35.2 Å². The maximum Gasteiger partial charge on any atom is 0.246 e. The van der Waals surface area contributed by atoms with Crippen LogP contribution in [-0.2, 0) is 5.54 Å². The zero-order valence-electron chi connectivity index (χ0n) is 9.07. The maximum atomic E-state index is 6.03. The van der Waals surface area contributed by atoms with E-state index < -0.39 is 5.54 Å². The predicted molar refractivity (Wildman–Crippen MR) is 62.0 cm³/mol. The van der Waals surface area contributed by atoms with Gasteiger partial charge in [0.25, 0.3) is 0 Å². The lowest BCUT2D eigenvalue weighted by Crippen LogP contribution is -2.28. The number of nitrogens with zero attached hydrogens (tertiary/aromatic N) is 2. The van der Waals surface area contributed by atoms with Gasteiger partial charge in [0, 0.05) is 5.56 Å². The van der Waals surface area contributed by atoms with Crippen LogP contribution in [0.15, 0.2) is 28.8 Å². The summed E-state index contributed by atoms with van der Waals surface area (Å²) in [6, 6.07) is 7.32. The number of benzene rings is 1. The molecule has 0 amide bonds. The molecule has 0 fully saturated rings. The van der Waals surface area contributed by atoms with Gasteiger partial charge in [-0.1, -0.05) is 28.9 Å². The van der Waals surface area contributed by atoms with Crippen LogP contribution in [-0.4, -0.2) is 10.1 Å². The van der Waals surface area contributed by atoms with Crippen LogP contribution >= 0.6 is 11.6 Å². The van der Waals surface area contributed by atoms with Crippen molar-refractivity contribution >= 4 is 11.6 Å². The molecule has 16 heavy (non-hydrogen) atoms. The van der Waals surface area contributed by atoms with Gasteiger partial charge in [-0.3, -0.25) is 0 Å². The van der Waals surface area contributed by atoms with Crippen LogP contribution in [0.25, 0.3) is 11.4 Å². The molecular weight excluding hydrogens is 226 g/mol. The molecule has 0 saturated carbocycles. The molecule has 2 N–H and O–H groups in total. The van der Waals surface area contributed by atoms with E-state index in [1.165, 1.54) is 0 Å². The lowest BCUT2D eigenvalue weighted by Gasteiger charge is -2.10. The zero-order valence-corrected chi connectivity index (χ0v) is 9.82. The largest absolute Gasteiger partial charge is 0.337 e. The Morgan fingerprint density at radius 2 is 2.00 bits per heavy atom. The Kier molecular flexibility index (Phi) is 2.69. The van der Waals surface area contributed by atoms with E-state index in [1.54, 1.807) is 19.9 Å². The van der Waals surface area contributed by atoms with E-state index in [-0.39, 0.29) is 0 Å². The van der Waals surface area contributed by atoms with E-state index in [4.69, 9.17) is 21.9 Å². The van der Waals surface area contributed by atoms with E-state index >= 15 is 0 Å². The van der Waals surface area contributed by atoms with Gasteiger partial charge in [0.2, 0.25) is 11.7 Å². The Morgan fingerprint density at radius 3 is 2.56 bits per heavy atom. The minimum Gasteiger partial charge on any atom is -0.337 e. The predicted octanol–water partition coefficient (Wildman–Crippen LogP) is 2.58. The highest BCUT2D eigenvalue weighted by Crippen LogP contribution is 2.26. The third kappa shape index (κ3) is 2.08. The molecule has 1 aromatic carbocycles. The first-order valence-electron chi connectivity index (χ1n) is 4.86. The fourth-order valence-electron chi connectivity index (χ4n) is 1.24. The van der Waals surface area contributed by atoms with Crippen LogP contribution in [0.5, 0.6) is 0 Å². The Morgan fingerprint density at radius 1 is 1.31 bits per heavy atom. The lowest BCUT2D eigenvalue weighted by molar-refractivity contribution is 0.312. The van der Waals surface area contributed by atoms with Crippen LogP contribution in [0, 0.1) is 0 Å². The van der Waals surface area contributed by atoms with Crippen molar-refractivity contribution in [3.63, 3.8) is 0 Å². The Bertz CT molecular complexity index is 502. The molecule has 1 heterocycles. The Balaban J connectivity index is 2.44. The molecule has 4 nitrogen and oxygen atoms in total. The second kappa shape index (κ2) is 3.88. The van der Waals surface area contributed by atoms with Crippen LogP contribution in [0.4, 0.5) is 0 Å². The minimum atomic E-state index is -0.646. The van der Waals surface area contributed by atoms with Gasteiger partial charge in [-0.05, 0) is 26.0 Å². The van der Waals surface area contributed by atoms with Crippen molar-refractivity contribution in [1.82, 2.24) is 10.1 Å². The molecule has 2 aromatic rings. The fourth-order valence-corrected chi connectivity index (χ4v) is 1.46. The highest BCUT2D eigenvalue weighted by molar-refractivity contribution is 6.33. The third-order valence-electron chi connectivity index (χ3n) is 2.09. The molecule has 0 bridgehead atoms. The van der Waals surface area contributed by atoms with Gasteiger partial charge in [-0.2, -0.15) is 4.98 Å². The molecule has 1 aromatic heterocycles. The number of aromatic nitrogens is 2. The third-order valence-corrected chi connectivity index (χ3v) is 2.42. The molecular formula is C11H12ClN3O. The van der Waals surface area contributed by atoms with Crippen LogP contribution in [0.2, 0.25) is 5.02 Å². The van der Waals surface area contributed by atoms with E-state index in [0.717, 1.165) is 5.56 Å². The van der Waals surface area contributed by atoms with Crippen molar-refractivity contribution in [2.45, 2.75) is 19.4 Å². The molecule has 0 saturated heterocycles. The van der Waals surface area contributed by atoms with Gasteiger partial charge in [0.1, 0.15) is 0 Å². The summed E-state index contributed by atoms with van der Waals surface area (Å²) < 4.78 is 5.09. The second-order valence-electron chi connectivity index (χ2n) is 4.12. The van der Waals surface area contributed by atoms with Crippen molar-refractivity contribution in [2.24, 2.45) is 5.73 Å². The van der Waals surface area contributed by atoms with E-state index in [9.17, 15) is 0 Å². The van der Waals surface area contributed by atoms with Crippen molar-refractivity contribution < 1.29 is 4.52 Å². The first-order chi connectivity index (χ1) is 7.48. The van der Waals surface area contributed by atoms with Crippen molar-refractivity contribution in [2.75, 3.05) is 0 Å². The van der Waals surface area contributed by atoms with E-state index in [1.807, 2.05) is 18.2 Å². The molecule has 0 aliphatic rings. The van der Waals surface area contributed by atoms with Gasteiger partial charge >= 0.3 is 0 Å². The fraction of sp³-hybridized carbons (Fsp3) is 0.273. The highest BCUT2D eigenvalue weighted by atomic mass is 35.5. The summed E-state index contributed by atoms with van der Waals surface area (Å²) >= 11 is 6.03. The van der Waals surface area contributed by atoms with Crippen molar-refractivity contribution in [1.29, 1.82) is 0 Å². The quantitative estimate of drug-likeness (QED) is 0.872. The molecule has 0 radical (unpaired) electrons.